The molecule has 214 valence electrons. The van der Waals surface area contributed by atoms with Crippen molar-refractivity contribution in [2.75, 3.05) is 10.6 Å². The van der Waals surface area contributed by atoms with E-state index in [1.807, 2.05) is 0 Å². The highest BCUT2D eigenvalue weighted by Crippen LogP contribution is 2.29. The van der Waals surface area contributed by atoms with Crippen molar-refractivity contribution in [3.63, 3.8) is 0 Å². The Morgan fingerprint density at radius 2 is 1.36 bits per heavy atom. The van der Waals surface area contributed by atoms with Gasteiger partial charge in [0.2, 0.25) is 5.91 Å². The minimum Gasteiger partial charge on any atom is -0.325 e. The van der Waals surface area contributed by atoms with Crippen molar-refractivity contribution in [1.29, 1.82) is 0 Å². The molecule has 0 bridgehead atoms. The molecule has 0 fully saturated rings. The van der Waals surface area contributed by atoms with Gasteiger partial charge < -0.3 is 16.0 Å². The number of halogens is 4. The molecule has 4 rings (SSSR count). The largest absolute Gasteiger partial charge is 0.325 e. The molecule has 0 heterocycles. The summed E-state index contributed by atoms with van der Waals surface area (Å²) >= 11 is 25.9. The van der Waals surface area contributed by atoms with Gasteiger partial charge in [0.1, 0.15) is 5.70 Å². The quantitative estimate of drug-likeness (QED) is 0.124. The Balaban J connectivity index is 1.46. The van der Waals surface area contributed by atoms with E-state index in [0.29, 0.717) is 42.6 Å². The molecule has 0 spiro atoms. The lowest BCUT2D eigenvalue weighted by molar-refractivity contribution is -0.115. The number of carbonyl (C=O) groups is 3. The summed E-state index contributed by atoms with van der Waals surface area (Å²) < 4.78 is 0. The van der Waals surface area contributed by atoms with Crippen LogP contribution in [0.15, 0.2) is 102 Å². The number of anilines is 2. The van der Waals surface area contributed by atoms with Gasteiger partial charge in [0.15, 0.2) is 0 Å². The number of amides is 3. The third kappa shape index (κ3) is 8.53. The van der Waals surface area contributed by atoms with Crippen LogP contribution in [-0.2, 0) is 9.59 Å². The molecule has 1 unspecified atom stereocenters. The average Bonchev–Trinajstić information content (AvgIpc) is 2.97. The highest BCUT2D eigenvalue weighted by Gasteiger charge is 2.18. The highest BCUT2D eigenvalue weighted by atomic mass is 35.5. The van der Waals surface area contributed by atoms with Gasteiger partial charge in [0.25, 0.3) is 11.8 Å². The standard InChI is InChI=1S/C31H23Cl4N3O3S/c1-18(29(39)37-21-12-15-26(34)27(35)16-21)42-22-13-10-20(11-14-22)36-31(41)28(17-23-24(32)8-5-9-25(23)33)38-30(40)19-6-3-2-4-7-19/h2-18H,1H3,(H,36,41)(H,37,39)(H,38,40)/b28-17-. The second kappa shape index (κ2) is 14.6. The van der Waals surface area contributed by atoms with Crippen molar-refractivity contribution in [3.05, 3.63) is 128 Å². The van der Waals surface area contributed by atoms with E-state index in [4.69, 9.17) is 46.4 Å². The van der Waals surface area contributed by atoms with Gasteiger partial charge >= 0.3 is 0 Å². The predicted molar refractivity (Wildman–Crippen MR) is 174 cm³/mol. The molecule has 0 radical (unpaired) electrons. The summed E-state index contributed by atoms with van der Waals surface area (Å²) in [6.45, 7) is 1.78. The van der Waals surface area contributed by atoms with E-state index in [-0.39, 0.29) is 11.6 Å². The number of thioether (sulfide) groups is 1. The second-order valence-electron chi connectivity index (χ2n) is 8.87. The van der Waals surface area contributed by atoms with E-state index in [1.165, 1.54) is 17.8 Å². The second-order valence-corrected chi connectivity index (χ2v) is 11.9. The van der Waals surface area contributed by atoms with Crippen molar-refractivity contribution < 1.29 is 14.4 Å². The Kier molecular flexibility index (Phi) is 11.0. The summed E-state index contributed by atoms with van der Waals surface area (Å²) in [7, 11) is 0. The molecule has 3 N–H and O–H groups in total. The first kappa shape index (κ1) is 31.5. The molecule has 0 aromatic heterocycles. The van der Waals surface area contributed by atoms with E-state index in [2.05, 4.69) is 16.0 Å². The van der Waals surface area contributed by atoms with Crippen LogP contribution in [0, 0.1) is 0 Å². The molecule has 0 aliphatic heterocycles. The average molecular weight is 659 g/mol. The van der Waals surface area contributed by atoms with Crippen LogP contribution in [0.4, 0.5) is 11.4 Å². The molecule has 4 aromatic rings. The summed E-state index contributed by atoms with van der Waals surface area (Å²) in [4.78, 5) is 39.7. The summed E-state index contributed by atoms with van der Waals surface area (Å²) in [5.74, 6) is -1.26. The van der Waals surface area contributed by atoms with Crippen molar-refractivity contribution in [2.24, 2.45) is 0 Å². The van der Waals surface area contributed by atoms with Crippen LogP contribution in [0.2, 0.25) is 20.1 Å². The van der Waals surface area contributed by atoms with Crippen molar-refractivity contribution in [2.45, 2.75) is 17.1 Å². The Hall–Kier alpha value is -3.46. The van der Waals surface area contributed by atoms with Crippen LogP contribution in [-0.4, -0.2) is 23.0 Å². The number of carbonyl (C=O) groups excluding carboxylic acids is 3. The van der Waals surface area contributed by atoms with E-state index >= 15 is 0 Å². The topological polar surface area (TPSA) is 87.3 Å². The number of nitrogens with one attached hydrogen (secondary N) is 3. The molecule has 0 saturated heterocycles. The van der Waals surface area contributed by atoms with Gasteiger partial charge in [-0.3, -0.25) is 14.4 Å². The third-order valence-electron chi connectivity index (χ3n) is 5.80. The van der Waals surface area contributed by atoms with Gasteiger partial charge in [-0.05, 0) is 79.7 Å². The zero-order chi connectivity index (χ0) is 30.2. The summed E-state index contributed by atoms with van der Waals surface area (Å²) in [6.07, 6.45) is 1.43. The fourth-order valence-corrected chi connectivity index (χ4v) is 5.30. The summed E-state index contributed by atoms with van der Waals surface area (Å²) in [5, 5.41) is 9.22. The monoisotopic (exact) mass is 657 g/mol. The molecule has 3 amide bonds. The van der Waals surface area contributed by atoms with Gasteiger partial charge in [0.05, 0.1) is 15.3 Å². The van der Waals surface area contributed by atoms with Crippen LogP contribution < -0.4 is 16.0 Å². The fourth-order valence-electron chi connectivity index (χ4n) is 3.63. The number of benzene rings is 4. The molecule has 6 nitrogen and oxygen atoms in total. The molecule has 4 aromatic carbocycles. The van der Waals surface area contributed by atoms with E-state index in [1.54, 1.807) is 97.9 Å². The molecule has 11 heteroatoms. The van der Waals surface area contributed by atoms with Gasteiger partial charge in [0, 0.05) is 37.4 Å². The summed E-state index contributed by atoms with van der Waals surface area (Å²) in [6, 6.07) is 25.3. The first-order valence-electron chi connectivity index (χ1n) is 12.5. The maximum atomic E-state index is 13.3. The lowest BCUT2D eigenvalue weighted by Gasteiger charge is -2.14. The lowest BCUT2D eigenvalue weighted by atomic mass is 10.1. The van der Waals surface area contributed by atoms with Gasteiger partial charge in [-0.1, -0.05) is 70.7 Å². The van der Waals surface area contributed by atoms with Crippen molar-refractivity contribution in [1.82, 2.24) is 5.32 Å². The lowest BCUT2D eigenvalue weighted by Crippen LogP contribution is -2.30. The minimum atomic E-state index is -0.579. The highest BCUT2D eigenvalue weighted by molar-refractivity contribution is 8.00. The fraction of sp³-hybridized carbons (Fsp3) is 0.0645. The molecule has 0 aliphatic rings. The molecule has 0 aliphatic carbocycles. The van der Waals surface area contributed by atoms with Crippen LogP contribution in [0.3, 0.4) is 0 Å². The Bertz CT molecular complexity index is 1630. The van der Waals surface area contributed by atoms with Crippen LogP contribution in [0.5, 0.6) is 0 Å². The Morgan fingerprint density at radius 1 is 0.714 bits per heavy atom. The molecule has 42 heavy (non-hydrogen) atoms. The normalized spacial score (nSPS) is 11.9. The Labute approximate surface area is 267 Å². The van der Waals surface area contributed by atoms with Gasteiger partial charge in [-0.2, -0.15) is 0 Å². The van der Waals surface area contributed by atoms with Crippen molar-refractivity contribution in [3.8, 4) is 0 Å². The van der Waals surface area contributed by atoms with Crippen molar-refractivity contribution >= 4 is 93.3 Å². The van der Waals surface area contributed by atoms with Crippen LogP contribution in [0.25, 0.3) is 6.08 Å². The number of hydrogen-bond acceptors (Lipinski definition) is 4. The minimum absolute atomic E-state index is 0.0510. The maximum absolute atomic E-state index is 13.3. The van der Waals surface area contributed by atoms with Crippen LogP contribution >= 0.6 is 58.2 Å². The number of rotatable bonds is 9. The first-order chi connectivity index (χ1) is 20.1. The predicted octanol–water partition coefficient (Wildman–Crippen LogP) is 8.83. The third-order valence-corrected chi connectivity index (χ3v) is 8.31. The summed E-state index contributed by atoms with van der Waals surface area (Å²) in [5.41, 5.74) is 1.73. The maximum Gasteiger partial charge on any atom is 0.272 e. The molecule has 0 saturated carbocycles. The SMILES string of the molecule is CC(Sc1ccc(NC(=O)/C(=C/c2c(Cl)cccc2Cl)NC(=O)c2ccccc2)cc1)C(=O)Nc1ccc(Cl)c(Cl)c1. The smallest absolute Gasteiger partial charge is 0.272 e. The molecular formula is C31H23Cl4N3O3S. The molecule has 1 atom stereocenters. The first-order valence-corrected chi connectivity index (χ1v) is 14.9. The van der Waals surface area contributed by atoms with Crippen LogP contribution in [0.1, 0.15) is 22.8 Å². The Morgan fingerprint density at radius 3 is 2.00 bits per heavy atom. The zero-order valence-electron chi connectivity index (χ0n) is 22.0. The van der Waals surface area contributed by atoms with E-state index in [9.17, 15) is 14.4 Å². The van der Waals surface area contributed by atoms with E-state index in [0.717, 1.165) is 4.90 Å². The van der Waals surface area contributed by atoms with Gasteiger partial charge in [-0.25, -0.2) is 0 Å². The van der Waals surface area contributed by atoms with E-state index < -0.39 is 17.1 Å². The number of hydrogen-bond donors (Lipinski definition) is 3. The van der Waals surface area contributed by atoms with Gasteiger partial charge in [-0.15, -0.1) is 11.8 Å². The zero-order valence-corrected chi connectivity index (χ0v) is 25.8. The molecular weight excluding hydrogens is 636 g/mol.